The van der Waals surface area contributed by atoms with Crippen molar-refractivity contribution in [1.29, 1.82) is 0 Å². The molecule has 1 nitrogen and oxygen atoms in total. The molecule has 0 saturated carbocycles. The van der Waals surface area contributed by atoms with Gasteiger partial charge in [-0.3, -0.25) is 4.90 Å². The second-order valence-corrected chi connectivity index (χ2v) is 6.54. The Morgan fingerprint density at radius 1 is 0.909 bits per heavy atom. The highest BCUT2D eigenvalue weighted by molar-refractivity contribution is 5.21. The van der Waals surface area contributed by atoms with E-state index in [-0.39, 0.29) is 5.82 Å². The second kappa shape index (κ2) is 7.06. The third-order valence-corrected chi connectivity index (χ3v) is 4.67. The van der Waals surface area contributed by atoms with E-state index in [1.54, 1.807) is 12.1 Å². The maximum absolute atomic E-state index is 12.9. The molecule has 116 valence electrons. The van der Waals surface area contributed by atoms with Crippen molar-refractivity contribution in [2.45, 2.75) is 32.7 Å². The minimum absolute atomic E-state index is 0.142. The molecule has 1 fully saturated rings. The van der Waals surface area contributed by atoms with Crippen LogP contribution in [0.5, 0.6) is 0 Å². The molecule has 0 unspecified atom stereocenters. The monoisotopic (exact) mass is 297 g/mol. The Balaban J connectivity index is 1.47. The fourth-order valence-corrected chi connectivity index (χ4v) is 3.25. The van der Waals surface area contributed by atoms with Crippen molar-refractivity contribution in [1.82, 2.24) is 4.90 Å². The molecule has 22 heavy (non-hydrogen) atoms. The summed E-state index contributed by atoms with van der Waals surface area (Å²) in [6.07, 6.45) is 3.56. The van der Waals surface area contributed by atoms with Crippen LogP contribution in [-0.4, -0.2) is 18.0 Å². The van der Waals surface area contributed by atoms with Crippen molar-refractivity contribution in [3.63, 3.8) is 0 Å². The van der Waals surface area contributed by atoms with Crippen LogP contribution in [0.3, 0.4) is 0 Å². The fraction of sp³-hybridized carbons (Fsp3) is 0.400. The molecule has 3 rings (SSSR count). The molecule has 2 heteroatoms. The normalized spacial score (nSPS) is 16.8. The molecule has 0 amide bonds. The van der Waals surface area contributed by atoms with Gasteiger partial charge in [0, 0.05) is 6.54 Å². The summed E-state index contributed by atoms with van der Waals surface area (Å²) in [6, 6.07) is 15.8. The van der Waals surface area contributed by atoms with Gasteiger partial charge >= 0.3 is 0 Å². The average molecular weight is 297 g/mol. The van der Waals surface area contributed by atoms with Gasteiger partial charge in [0.1, 0.15) is 5.82 Å². The van der Waals surface area contributed by atoms with E-state index in [4.69, 9.17) is 0 Å². The fourth-order valence-electron chi connectivity index (χ4n) is 3.25. The summed E-state index contributed by atoms with van der Waals surface area (Å²) >= 11 is 0. The predicted molar refractivity (Wildman–Crippen MR) is 89.3 cm³/mol. The van der Waals surface area contributed by atoms with Crippen molar-refractivity contribution in [2.24, 2.45) is 5.92 Å². The van der Waals surface area contributed by atoms with E-state index in [2.05, 4.69) is 36.1 Å². The maximum Gasteiger partial charge on any atom is 0.123 e. The first kappa shape index (κ1) is 15.2. The Hall–Kier alpha value is -1.67. The van der Waals surface area contributed by atoms with Gasteiger partial charge in [-0.2, -0.15) is 0 Å². The Morgan fingerprint density at radius 3 is 2.14 bits per heavy atom. The minimum atomic E-state index is -0.142. The van der Waals surface area contributed by atoms with Crippen molar-refractivity contribution in [3.05, 3.63) is 71.0 Å². The Morgan fingerprint density at radius 2 is 1.50 bits per heavy atom. The summed E-state index contributed by atoms with van der Waals surface area (Å²) in [5.41, 5.74) is 3.99. The molecule has 0 spiro atoms. The first-order chi connectivity index (χ1) is 10.7. The van der Waals surface area contributed by atoms with E-state index < -0.39 is 0 Å². The van der Waals surface area contributed by atoms with E-state index in [9.17, 15) is 4.39 Å². The summed E-state index contributed by atoms with van der Waals surface area (Å²) in [5.74, 6) is 0.594. The van der Waals surface area contributed by atoms with Gasteiger partial charge in [-0.15, -0.1) is 0 Å². The zero-order valence-electron chi connectivity index (χ0n) is 13.3. The summed E-state index contributed by atoms with van der Waals surface area (Å²) in [7, 11) is 0. The Bertz CT molecular complexity index is 525. The number of aryl methyl sites for hydroxylation is 1. The molecule has 1 saturated heterocycles. The second-order valence-electron chi connectivity index (χ2n) is 6.54. The highest BCUT2D eigenvalue weighted by Crippen LogP contribution is 2.23. The molecular formula is C20H24FN. The summed E-state index contributed by atoms with van der Waals surface area (Å²) in [4.78, 5) is 2.55. The first-order valence-electron chi connectivity index (χ1n) is 8.21. The predicted octanol–water partition coefficient (Wildman–Crippen LogP) is 4.59. The van der Waals surface area contributed by atoms with E-state index in [1.807, 2.05) is 12.1 Å². The van der Waals surface area contributed by atoms with Gasteiger partial charge in [-0.05, 0) is 68.5 Å². The lowest BCUT2D eigenvalue weighted by molar-refractivity contribution is 0.177. The van der Waals surface area contributed by atoms with Gasteiger partial charge in [0.05, 0.1) is 0 Å². The average Bonchev–Trinajstić information content (AvgIpc) is 2.54. The molecule has 1 aliphatic heterocycles. The van der Waals surface area contributed by atoms with Crippen LogP contribution in [0, 0.1) is 18.7 Å². The largest absolute Gasteiger partial charge is 0.299 e. The molecule has 0 aromatic heterocycles. The van der Waals surface area contributed by atoms with E-state index in [0.29, 0.717) is 0 Å². The molecule has 0 aliphatic carbocycles. The molecular weight excluding hydrogens is 273 g/mol. The standard InChI is InChI=1S/C20H24FN/c1-16-2-4-19(5-3-16)15-22-12-10-18(11-13-22)14-17-6-8-20(21)9-7-17/h2-9,18H,10-15H2,1H3. The van der Waals surface area contributed by atoms with Gasteiger partial charge in [-0.1, -0.05) is 42.0 Å². The summed E-state index contributed by atoms with van der Waals surface area (Å²) in [5, 5.41) is 0. The number of likely N-dealkylation sites (tertiary alicyclic amines) is 1. The molecule has 1 aliphatic rings. The quantitative estimate of drug-likeness (QED) is 0.798. The lowest BCUT2D eigenvalue weighted by Gasteiger charge is -2.32. The highest BCUT2D eigenvalue weighted by atomic mass is 19.1. The zero-order valence-corrected chi connectivity index (χ0v) is 13.3. The van der Waals surface area contributed by atoms with Gasteiger partial charge in [0.25, 0.3) is 0 Å². The summed E-state index contributed by atoms with van der Waals surface area (Å²) in [6.45, 7) is 5.52. The van der Waals surface area contributed by atoms with Crippen molar-refractivity contribution < 1.29 is 4.39 Å². The number of rotatable bonds is 4. The van der Waals surface area contributed by atoms with Crippen molar-refractivity contribution in [2.75, 3.05) is 13.1 Å². The molecule has 0 atom stereocenters. The molecule has 0 bridgehead atoms. The molecule has 2 aromatic rings. The summed E-state index contributed by atoms with van der Waals surface area (Å²) < 4.78 is 12.9. The lowest BCUT2D eigenvalue weighted by Crippen LogP contribution is -2.33. The van der Waals surface area contributed by atoms with Crippen LogP contribution >= 0.6 is 0 Å². The van der Waals surface area contributed by atoms with Gasteiger partial charge < -0.3 is 0 Å². The minimum Gasteiger partial charge on any atom is -0.299 e. The van der Waals surface area contributed by atoms with Crippen LogP contribution in [-0.2, 0) is 13.0 Å². The zero-order chi connectivity index (χ0) is 15.4. The molecule has 0 radical (unpaired) electrons. The van der Waals surface area contributed by atoms with Crippen LogP contribution < -0.4 is 0 Å². The topological polar surface area (TPSA) is 3.24 Å². The number of halogens is 1. The molecule has 2 aromatic carbocycles. The number of nitrogens with zero attached hydrogens (tertiary/aromatic N) is 1. The maximum atomic E-state index is 12.9. The number of benzene rings is 2. The van der Waals surface area contributed by atoms with E-state index >= 15 is 0 Å². The Kier molecular flexibility index (Phi) is 4.89. The van der Waals surface area contributed by atoms with E-state index in [1.165, 1.54) is 42.6 Å². The Labute approximate surface area is 132 Å². The van der Waals surface area contributed by atoms with Crippen LogP contribution in [0.1, 0.15) is 29.5 Å². The lowest BCUT2D eigenvalue weighted by atomic mass is 9.90. The van der Waals surface area contributed by atoms with Crippen molar-refractivity contribution >= 4 is 0 Å². The smallest absolute Gasteiger partial charge is 0.123 e. The third kappa shape index (κ3) is 4.17. The van der Waals surface area contributed by atoms with Gasteiger partial charge in [-0.25, -0.2) is 4.39 Å². The van der Waals surface area contributed by atoms with Gasteiger partial charge in [0.15, 0.2) is 0 Å². The first-order valence-corrected chi connectivity index (χ1v) is 8.21. The molecule has 0 N–H and O–H groups in total. The molecule has 1 heterocycles. The SMILES string of the molecule is Cc1ccc(CN2CCC(Cc3ccc(F)cc3)CC2)cc1. The number of piperidine rings is 1. The highest BCUT2D eigenvalue weighted by Gasteiger charge is 2.19. The van der Waals surface area contributed by atoms with Crippen molar-refractivity contribution in [3.8, 4) is 0 Å². The van der Waals surface area contributed by atoms with Crippen LogP contribution in [0.4, 0.5) is 4.39 Å². The third-order valence-electron chi connectivity index (χ3n) is 4.67. The number of hydrogen-bond acceptors (Lipinski definition) is 1. The number of hydrogen-bond donors (Lipinski definition) is 0. The van der Waals surface area contributed by atoms with Crippen LogP contribution in [0.25, 0.3) is 0 Å². The van der Waals surface area contributed by atoms with Gasteiger partial charge in [0.2, 0.25) is 0 Å². The van der Waals surface area contributed by atoms with Crippen LogP contribution in [0.2, 0.25) is 0 Å². The van der Waals surface area contributed by atoms with Crippen LogP contribution in [0.15, 0.2) is 48.5 Å². The van der Waals surface area contributed by atoms with E-state index in [0.717, 1.165) is 18.9 Å².